The smallest absolute Gasteiger partial charge is 0.407 e. The maximum Gasteiger partial charge on any atom is 0.407 e. The van der Waals surface area contributed by atoms with E-state index in [2.05, 4.69) is 22.5 Å². The van der Waals surface area contributed by atoms with Crippen LogP contribution in [-0.4, -0.2) is 45.4 Å². The van der Waals surface area contributed by atoms with Gasteiger partial charge in [-0.2, -0.15) is 16.9 Å². The second kappa shape index (κ2) is 9.91. The predicted molar refractivity (Wildman–Crippen MR) is 124 cm³/mol. The summed E-state index contributed by atoms with van der Waals surface area (Å²) in [5.74, 6) is 0.136. The van der Waals surface area contributed by atoms with Crippen LogP contribution in [0.15, 0.2) is 60.8 Å². The lowest BCUT2D eigenvalue weighted by Crippen LogP contribution is -2.41. The fourth-order valence-electron chi connectivity index (χ4n) is 3.96. The molecule has 0 saturated heterocycles. The molecule has 0 radical (unpaired) electrons. The highest BCUT2D eigenvalue weighted by Crippen LogP contribution is 2.44. The van der Waals surface area contributed by atoms with Crippen molar-refractivity contribution in [1.29, 1.82) is 0 Å². The first-order valence-corrected chi connectivity index (χ1v) is 11.6. The molecule has 0 spiro atoms. The van der Waals surface area contributed by atoms with Gasteiger partial charge in [-0.25, -0.2) is 9.59 Å². The lowest BCUT2D eigenvalue weighted by molar-refractivity contribution is -0.139. The molecule has 1 unspecified atom stereocenters. The lowest BCUT2D eigenvalue weighted by atomic mass is 9.98. The number of aromatic nitrogens is 2. The van der Waals surface area contributed by atoms with E-state index < -0.39 is 18.1 Å². The molecule has 32 heavy (non-hydrogen) atoms. The minimum absolute atomic E-state index is 0.0645. The molecule has 0 fully saturated rings. The molecule has 3 aromatic rings. The average molecular weight is 452 g/mol. The van der Waals surface area contributed by atoms with E-state index in [4.69, 9.17) is 4.74 Å². The van der Waals surface area contributed by atoms with Gasteiger partial charge in [0.1, 0.15) is 12.6 Å². The van der Waals surface area contributed by atoms with Crippen LogP contribution in [-0.2, 0) is 22.3 Å². The molecule has 0 bridgehead atoms. The van der Waals surface area contributed by atoms with Crippen LogP contribution >= 0.6 is 11.8 Å². The molecule has 1 atom stereocenters. The normalized spacial score (nSPS) is 13.3. The second-order valence-electron chi connectivity index (χ2n) is 7.68. The number of benzene rings is 2. The molecule has 1 aromatic heterocycles. The van der Waals surface area contributed by atoms with Crippen molar-refractivity contribution in [3.05, 3.63) is 77.6 Å². The third-order valence-corrected chi connectivity index (χ3v) is 6.53. The number of aliphatic carboxylic acids is 1. The monoisotopic (exact) mass is 451 g/mol. The molecule has 2 N–H and O–H groups in total. The number of nitrogens with one attached hydrogen (secondary N) is 1. The van der Waals surface area contributed by atoms with Gasteiger partial charge in [0, 0.05) is 24.9 Å². The molecule has 0 aliphatic heterocycles. The molecule has 1 amide bonds. The highest BCUT2D eigenvalue weighted by Gasteiger charge is 2.29. The molecule has 1 aliphatic rings. The van der Waals surface area contributed by atoms with Crippen molar-refractivity contribution in [2.75, 3.05) is 12.4 Å². The standard InChI is InChI=1S/C24H25N3O4S/c1-27-12-10-16(26-27)15-32-13-11-22(23(28)29)25-24(30)31-14-21-19-8-4-2-6-17(19)18-7-3-5-9-20(18)21/h2-10,12,21-22H,11,13-15H2,1H3,(H,25,30)(H,28,29). The molecular weight excluding hydrogens is 426 g/mol. The van der Waals surface area contributed by atoms with E-state index in [0.29, 0.717) is 17.9 Å². The number of carbonyl (C=O) groups is 2. The first-order chi connectivity index (χ1) is 15.5. The molecule has 1 heterocycles. The number of hydrogen-bond donors (Lipinski definition) is 2. The van der Waals surface area contributed by atoms with Crippen LogP contribution in [0.25, 0.3) is 11.1 Å². The van der Waals surface area contributed by atoms with E-state index in [1.54, 1.807) is 16.4 Å². The van der Waals surface area contributed by atoms with Gasteiger partial charge in [0.25, 0.3) is 0 Å². The van der Waals surface area contributed by atoms with Crippen molar-refractivity contribution < 1.29 is 19.4 Å². The number of alkyl carbamates (subject to hydrolysis) is 1. The average Bonchev–Trinajstić information content (AvgIpc) is 3.35. The zero-order valence-corrected chi connectivity index (χ0v) is 18.5. The van der Waals surface area contributed by atoms with Gasteiger partial charge in [-0.15, -0.1) is 0 Å². The number of carboxylic acids is 1. The van der Waals surface area contributed by atoms with E-state index in [1.807, 2.05) is 55.7 Å². The number of fused-ring (bicyclic) bond motifs is 3. The van der Waals surface area contributed by atoms with Crippen LogP contribution in [0.4, 0.5) is 4.79 Å². The predicted octanol–water partition coefficient (Wildman–Crippen LogP) is 4.04. The number of amides is 1. The van der Waals surface area contributed by atoms with Crippen LogP contribution in [0.3, 0.4) is 0 Å². The molecular formula is C24H25N3O4S. The van der Waals surface area contributed by atoms with Gasteiger partial charge in [-0.3, -0.25) is 4.68 Å². The van der Waals surface area contributed by atoms with Crippen molar-refractivity contribution in [1.82, 2.24) is 15.1 Å². The minimum atomic E-state index is -1.07. The Morgan fingerprint density at radius 1 is 1.12 bits per heavy atom. The zero-order chi connectivity index (χ0) is 22.5. The fraction of sp³-hybridized carbons (Fsp3) is 0.292. The number of thioether (sulfide) groups is 1. The fourth-order valence-corrected chi connectivity index (χ4v) is 4.87. The number of rotatable bonds is 9. The van der Waals surface area contributed by atoms with Crippen molar-refractivity contribution in [2.24, 2.45) is 7.05 Å². The van der Waals surface area contributed by atoms with Gasteiger partial charge in [0.15, 0.2) is 0 Å². The summed E-state index contributed by atoms with van der Waals surface area (Å²) in [4.78, 5) is 24.0. The number of hydrogen-bond acceptors (Lipinski definition) is 5. The minimum Gasteiger partial charge on any atom is -0.480 e. The van der Waals surface area contributed by atoms with E-state index in [1.165, 1.54) is 0 Å². The number of aryl methyl sites for hydroxylation is 1. The Kier molecular flexibility index (Phi) is 6.80. The van der Waals surface area contributed by atoms with Crippen molar-refractivity contribution in [3.63, 3.8) is 0 Å². The van der Waals surface area contributed by atoms with Crippen LogP contribution in [0.1, 0.15) is 29.2 Å². The summed E-state index contributed by atoms with van der Waals surface area (Å²) in [5.41, 5.74) is 5.45. The molecule has 2 aromatic carbocycles. The van der Waals surface area contributed by atoms with Crippen LogP contribution in [0.5, 0.6) is 0 Å². The maximum atomic E-state index is 12.4. The summed E-state index contributed by atoms with van der Waals surface area (Å²) in [7, 11) is 1.85. The number of carboxylic acid groups (broad SMARTS) is 1. The van der Waals surface area contributed by atoms with E-state index in [0.717, 1.165) is 27.9 Å². The van der Waals surface area contributed by atoms with Crippen LogP contribution < -0.4 is 5.32 Å². The largest absolute Gasteiger partial charge is 0.480 e. The summed E-state index contributed by atoms with van der Waals surface area (Å²) in [6.45, 7) is 0.153. The molecule has 8 heteroatoms. The van der Waals surface area contributed by atoms with E-state index in [9.17, 15) is 14.7 Å². The summed E-state index contributed by atoms with van der Waals surface area (Å²) in [6, 6.07) is 17.1. The number of ether oxygens (including phenoxy) is 1. The summed E-state index contributed by atoms with van der Waals surface area (Å²) in [6.07, 6.45) is 1.46. The van der Waals surface area contributed by atoms with E-state index >= 15 is 0 Å². The number of nitrogens with zero attached hydrogens (tertiary/aromatic N) is 2. The van der Waals surface area contributed by atoms with Crippen molar-refractivity contribution in [2.45, 2.75) is 24.1 Å². The van der Waals surface area contributed by atoms with Gasteiger partial charge >= 0.3 is 12.1 Å². The Labute approximate surface area is 190 Å². The Morgan fingerprint density at radius 3 is 2.38 bits per heavy atom. The first kappa shape index (κ1) is 22.0. The van der Waals surface area contributed by atoms with Gasteiger partial charge in [-0.1, -0.05) is 48.5 Å². The van der Waals surface area contributed by atoms with Crippen molar-refractivity contribution >= 4 is 23.8 Å². The Balaban J connectivity index is 1.30. The van der Waals surface area contributed by atoms with Gasteiger partial charge in [0.05, 0.1) is 5.69 Å². The van der Waals surface area contributed by atoms with Crippen molar-refractivity contribution in [3.8, 4) is 11.1 Å². The summed E-state index contributed by atoms with van der Waals surface area (Å²) >= 11 is 1.58. The molecule has 4 rings (SSSR count). The SMILES string of the molecule is Cn1ccc(CSCCC(NC(=O)OCC2c3ccccc3-c3ccccc32)C(=O)O)n1. The Hall–Kier alpha value is -3.26. The Morgan fingerprint density at radius 2 is 1.78 bits per heavy atom. The molecule has 7 nitrogen and oxygen atoms in total. The second-order valence-corrected chi connectivity index (χ2v) is 8.79. The third kappa shape index (κ3) is 4.96. The summed E-state index contributed by atoms with van der Waals surface area (Å²) < 4.78 is 7.20. The summed E-state index contributed by atoms with van der Waals surface area (Å²) in [5, 5.41) is 16.3. The van der Waals surface area contributed by atoms with Gasteiger partial charge in [0.2, 0.25) is 0 Å². The first-order valence-electron chi connectivity index (χ1n) is 10.4. The highest BCUT2D eigenvalue weighted by atomic mass is 32.2. The maximum absolute atomic E-state index is 12.4. The quantitative estimate of drug-likeness (QED) is 0.477. The zero-order valence-electron chi connectivity index (χ0n) is 17.7. The van der Waals surface area contributed by atoms with Gasteiger partial charge < -0.3 is 15.2 Å². The highest BCUT2D eigenvalue weighted by molar-refractivity contribution is 7.98. The molecule has 166 valence electrons. The Bertz CT molecular complexity index is 1070. The van der Waals surface area contributed by atoms with Crippen LogP contribution in [0.2, 0.25) is 0 Å². The van der Waals surface area contributed by atoms with Crippen LogP contribution in [0, 0.1) is 0 Å². The molecule has 0 saturated carbocycles. The lowest BCUT2D eigenvalue weighted by Gasteiger charge is -2.17. The third-order valence-electron chi connectivity index (χ3n) is 5.50. The number of carbonyl (C=O) groups excluding carboxylic acids is 1. The molecule has 1 aliphatic carbocycles. The van der Waals surface area contributed by atoms with Gasteiger partial charge in [-0.05, 0) is 40.5 Å². The van der Waals surface area contributed by atoms with E-state index in [-0.39, 0.29) is 12.5 Å². The topological polar surface area (TPSA) is 93.5 Å².